The Kier molecular flexibility index (Phi) is 3.19. The van der Waals surface area contributed by atoms with E-state index < -0.39 is 5.97 Å². The van der Waals surface area contributed by atoms with Crippen molar-refractivity contribution in [3.8, 4) is 5.69 Å². The Labute approximate surface area is 106 Å². The van der Waals surface area contributed by atoms with Crippen molar-refractivity contribution in [2.45, 2.75) is 27.2 Å². The van der Waals surface area contributed by atoms with E-state index >= 15 is 0 Å². The van der Waals surface area contributed by atoms with Crippen LogP contribution in [-0.2, 0) is 11.2 Å². The molecular weight excluding hydrogens is 228 g/mol. The lowest BCUT2D eigenvalue weighted by atomic mass is 10.1. The maximum absolute atomic E-state index is 10.7. The lowest BCUT2D eigenvalue weighted by Crippen LogP contribution is -2.04. The topological polar surface area (TPSA) is 55.1 Å². The van der Waals surface area contributed by atoms with Crippen molar-refractivity contribution < 1.29 is 9.90 Å². The summed E-state index contributed by atoms with van der Waals surface area (Å²) in [5.41, 5.74) is 4.81. The molecule has 4 heteroatoms. The van der Waals surface area contributed by atoms with E-state index in [1.165, 1.54) is 0 Å². The molecule has 2 aromatic rings. The van der Waals surface area contributed by atoms with Gasteiger partial charge >= 0.3 is 5.97 Å². The first kappa shape index (κ1) is 12.4. The molecule has 2 rings (SSSR count). The first-order chi connectivity index (χ1) is 8.47. The molecule has 1 aromatic carbocycles. The number of nitrogens with zero attached hydrogens (tertiary/aromatic N) is 2. The molecule has 0 saturated carbocycles. The molecule has 4 nitrogen and oxygen atoms in total. The monoisotopic (exact) mass is 244 g/mol. The fraction of sp³-hybridized carbons (Fsp3) is 0.286. The van der Waals surface area contributed by atoms with Gasteiger partial charge in [-0.15, -0.1) is 0 Å². The maximum atomic E-state index is 10.7. The van der Waals surface area contributed by atoms with Crippen molar-refractivity contribution >= 4 is 5.97 Å². The SMILES string of the molecule is Cc1ccc(C)c(-n2nc(CC(=O)O)cc2C)c1. The number of aromatic nitrogens is 2. The van der Waals surface area contributed by atoms with Crippen LogP contribution in [0.5, 0.6) is 0 Å². The second kappa shape index (κ2) is 4.64. The van der Waals surface area contributed by atoms with E-state index in [2.05, 4.69) is 17.2 Å². The maximum Gasteiger partial charge on any atom is 0.309 e. The van der Waals surface area contributed by atoms with E-state index in [0.29, 0.717) is 5.69 Å². The minimum atomic E-state index is -0.861. The summed E-state index contributed by atoms with van der Waals surface area (Å²) in [7, 11) is 0. The largest absolute Gasteiger partial charge is 0.481 e. The molecule has 1 N–H and O–H groups in total. The molecule has 0 amide bonds. The number of hydrogen-bond acceptors (Lipinski definition) is 2. The number of carbonyl (C=O) groups is 1. The predicted octanol–water partition coefficient (Wildman–Crippen LogP) is 2.42. The normalized spacial score (nSPS) is 10.6. The number of benzene rings is 1. The molecule has 0 aliphatic carbocycles. The minimum absolute atomic E-state index is 0.0430. The van der Waals surface area contributed by atoms with Crippen molar-refractivity contribution in [1.29, 1.82) is 0 Å². The van der Waals surface area contributed by atoms with Gasteiger partial charge in [-0.2, -0.15) is 5.10 Å². The summed E-state index contributed by atoms with van der Waals surface area (Å²) in [5.74, 6) is -0.861. The molecule has 0 spiro atoms. The molecule has 0 aliphatic rings. The average Bonchev–Trinajstić information content (AvgIpc) is 2.62. The smallest absolute Gasteiger partial charge is 0.309 e. The van der Waals surface area contributed by atoms with E-state index in [4.69, 9.17) is 5.11 Å². The highest BCUT2D eigenvalue weighted by Gasteiger charge is 2.10. The van der Waals surface area contributed by atoms with Gasteiger partial charge in [-0.1, -0.05) is 12.1 Å². The molecule has 0 radical (unpaired) electrons. The molecule has 1 aromatic heterocycles. The average molecular weight is 244 g/mol. The third-order valence-electron chi connectivity index (χ3n) is 2.86. The Morgan fingerprint density at radius 3 is 2.67 bits per heavy atom. The third kappa shape index (κ3) is 2.42. The van der Waals surface area contributed by atoms with Gasteiger partial charge < -0.3 is 5.11 Å². The van der Waals surface area contributed by atoms with Crippen molar-refractivity contribution in [1.82, 2.24) is 9.78 Å². The highest BCUT2D eigenvalue weighted by molar-refractivity contribution is 5.69. The third-order valence-corrected chi connectivity index (χ3v) is 2.86. The highest BCUT2D eigenvalue weighted by Crippen LogP contribution is 2.18. The summed E-state index contributed by atoms with van der Waals surface area (Å²) in [6, 6.07) is 7.97. The van der Waals surface area contributed by atoms with E-state index in [-0.39, 0.29) is 6.42 Å². The lowest BCUT2D eigenvalue weighted by Gasteiger charge is -2.09. The molecule has 0 atom stereocenters. The summed E-state index contributed by atoms with van der Waals surface area (Å²) >= 11 is 0. The zero-order chi connectivity index (χ0) is 13.3. The first-order valence-electron chi connectivity index (χ1n) is 5.82. The Morgan fingerprint density at radius 2 is 2.00 bits per heavy atom. The quantitative estimate of drug-likeness (QED) is 0.902. The highest BCUT2D eigenvalue weighted by atomic mass is 16.4. The van der Waals surface area contributed by atoms with Gasteiger partial charge in [0.15, 0.2) is 0 Å². The molecule has 0 bridgehead atoms. The molecule has 0 saturated heterocycles. The van der Waals surface area contributed by atoms with Crippen LogP contribution in [0.25, 0.3) is 5.69 Å². The zero-order valence-corrected chi connectivity index (χ0v) is 10.8. The van der Waals surface area contributed by atoms with Gasteiger partial charge in [-0.3, -0.25) is 4.79 Å². The molecule has 1 heterocycles. The standard InChI is InChI=1S/C14H16N2O2/c1-9-4-5-10(2)13(6-9)16-11(3)7-12(15-16)8-14(17)18/h4-7H,8H2,1-3H3,(H,17,18). The molecule has 0 fully saturated rings. The van der Waals surface area contributed by atoms with Gasteiger partial charge in [0.25, 0.3) is 0 Å². The van der Waals surface area contributed by atoms with Gasteiger partial charge in [0.2, 0.25) is 0 Å². The summed E-state index contributed by atoms with van der Waals surface area (Å²) in [4.78, 5) is 10.7. The number of hydrogen-bond donors (Lipinski definition) is 1. The van der Waals surface area contributed by atoms with E-state index in [9.17, 15) is 4.79 Å². The van der Waals surface area contributed by atoms with Crippen molar-refractivity contribution in [2.75, 3.05) is 0 Å². The van der Waals surface area contributed by atoms with Crippen LogP contribution >= 0.6 is 0 Å². The van der Waals surface area contributed by atoms with Crippen LogP contribution in [0, 0.1) is 20.8 Å². The van der Waals surface area contributed by atoms with E-state index in [1.54, 1.807) is 4.68 Å². The molecule has 18 heavy (non-hydrogen) atoms. The Bertz CT molecular complexity index is 600. The first-order valence-corrected chi connectivity index (χ1v) is 5.82. The Hall–Kier alpha value is -2.10. The number of aliphatic carboxylic acids is 1. The lowest BCUT2D eigenvalue weighted by molar-refractivity contribution is -0.136. The summed E-state index contributed by atoms with van der Waals surface area (Å²) in [5, 5.41) is 13.1. The number of carboxylic acid groups (broad SMARTS) is 1. The van der Waals surface area contributed by atoms with Crippen LogP contribution in [0.15, 0.2) is 24.3 Å². The van der Waals surface area contributed by atoms with Crippen LogP contribution in [0.2, 0.25) is 0 Å². The predicted molar refractivity (Wildman–Crippen MR) is 69.1 cm³/mol. The number of rotatable bonds is 3. The minimum Gasteiger partial charge on any atom is -0.481 e. The van der Waals surface area contributed by atoms with Crippen molar-refractivity contribution in [3.05, 3.63) is 46.8 Å². The number of carboxylic acids is 1. The summed E-state index contributed by atoms with van der Waals surface area (Å²) in [6.45, 7) is 5.98. The van der Waals surface area contributed by atoms with Crippen molar-refractivity contribution in [3.63, 3.8) is 0 Å². The number of aryl methyl sites for hydroxylation is 3. The van der Waals surface area contributed by atoms with Crippen LogP contribution in [0.3, 0.4) is 0 Å². The molecule has 0 unspecified atom stereocenters. The van der Waals surface area contributed by atoms with Gasteiger partial charge in [-0.25, -0.2) is 4.68 Å². The van der Waals surface area contributed by atoms with Crippen LogP contribution in [0.4, 0.5) is 0 Å². The van der Waals surface area contributed by atoms with Gasteiger partial charge in [-0.05, 0) is 44.0 Å². The second-order valence-corrected chi connectivity index (χ2v) is 4.55. The van der Waals surface area contributed by atoms with Gasteiger partial charge in [0, 0.05) is 5.69 Å². The van der Waals surface area contributed by atoms with E-state index in [0.717, 1.165) is 22.5 Å². The fourth-order valence-electron chi connectivity index (χ4n) is 1.97. The molecule has 0 aliphatic heterocycles. The Balaban J connectivity index is 2.47. The second-order valence-electron chi connectivity index (χ2n) is 4.55. The molecule has 94 valence electrons. The van der Waals surface area contributed by atoms with Crippen LogP contribution < -0.4 is 0 Å². The zero-order valence-electron chi connectivity index (χ0n) is 10.8. The van der Waals surface area contributed by atoms with E-state index in [1.807, 2.05) is 32.9 Å². The molecular formula is C14H16N2O2. The summed E-state index contributed by atoms with van der Waals surface area (Å²) < 4.78 is 1.81. The fourth-order valence-corrected chi connectivity index (χ4v) is 1.97. The van der Waals surface area contributed by atoms with Gasteiger partial charge in [0.1, 0.15) is 0 Å². The summed E-state index contributed by atoms with van der Waals surface area (Å²) in [6.07, 6.45) is -0.0430. The van der Waals surface area contributed by atoms with Crippen LogP contribution in [-0.4, -0.2) is 20.9 Å². The van der Waals surface area contributed by atoms with Crippen molar-refractivity contribution in [2.24, 2.45) is 0 Å². The Morgan fingerprint density at radius 1 is 1.28 bits per heavy atom. The van der Waals surface area contributed by atoms with Crippen LogP contribution in [0.1, 0.15) is 22.5 Å². The van der Waals surface area contributed by atoms with Gasteiger partial charge in [0.05, 0.1) is 17.8 Å².